The van der Waals surface area contributed by atoms with E-state index in [2.05, 4.69) is 15.5 Å². The van der Waals surface area contributed by atoms with Crippen molar-refractivity contribution in [1.29, 1.82) is 0 Å². The Morgan fingerprint density at radius 3 is 2.36 bits per heavy atom. The van der Waals surface area contributed by atoms with Crippen molar-refractivity contribution in [3.63, 3.8) is 0 Å². The van der Waals surface area contributed by atoms with E-state index in [0.717, 1.165) is 6.07 Å². The number of halogens is 4. The molecular weight excluding hydrogens is 497 g/mol. The number of nitrogens with zero attached hydrogens (tertiary/aromatic N) is 4. The van der Waals surface area contributed by atoms with Crippen molar-refractivity contribution in [2.45, 2.75) is 12.7 Å². The van der Waals surface area contributed by atoms with Gasteiger partial charge in [-0.2, -0.15) is 13.2 Å². The molecule has 4 rings (SSSR count). The molecule has 1 aromatic heterocycles. The molecule has 0 saturated carbocycles. The van der Waals surface area contributed by atoms with Crippen LogP contribution in [0, 0.1) is 0 Å². The first-order valence-corrected chi connectivity index (χ1v) is 11.4. The molecule has 3 N–H and O–H groups in total. The van der Waals surface area contributed by atoms with Crippen LogP contribution >= 0.6 is 11.6 Å². The van der Waals surface area contributed by atoms with Crippen LogP contribution < -0.4 is 16.0 Å². The van der Waals surface area contributed by atoms with Gasteiger partial charge in [-0.05, 0) is 48.0 Å². The average Bonchev–Trinajstić information content (AvgIpc) is 2.89. The summed E-state index contributed by atoms with van der Waals surface area (Å²) in [6.45, 7) is 1.33. The molecule has 2 heterocycles. The van der Waals surface area contributed by atoms with Crippen LogP contribution in [0.15, 0.2) is 54.6 Å². The van der Waals surface area contributed by atoms with Crippen LogP contribution in [0.1, 0.15) is 32.0 Å². The number of hydrogen-bond donors (Lipinski definition) is 2. The van der Waals surface area contributed by atoms with Gasteiger partial charge in [-0.15, -0.1) is 10.2 Å². The molecule has 2 amide bonds. The lowest BCUT2D eigenvalue weighted by atomic mass is 10.1. The second-order valence-electron chi connectivity index (χ2n) is 8.06. The normalized spacial score (nSPS) is 14.0. The van der Waals surface area contributed by atoms with E-state index < -0.39 is 23.6 Å². The van der Waals surface area contributed by atoms with Gasteiger partial charge in [0.2, 0.25) is 0 Å². The van der Waals surface area contributed by atoms with E-state index in [0.29, 0.717) is 35.2 Å². The van der Waals surface area contributed by atoms with Gasteiger partial charge in [-0.25, -0.2) is 0 Å². The lowest BCUT2D eigenvalue weighted by molar-refractivity contribution is -0.138. The number of carbonyl (C=O) groups excluding carboxylic acids is 2. The van der Waals surface area contributed by atoms with E-state index in [1.807, 2.05) is 4.90 Å². The van der Waals surface area contributed by atoms with Crippen molar-refractivity contribution >= 4 is 34.9 Å². The number of rotatable bonds is 5. The first kappa shape index (κ1) is 25.4. The molecular formula is C24H22ClF3N6O2. The van der Waals surface area contributed by atoms with E-state index in [9.17, 15) is 22.8 Å². The smallest absolute Gasteiger partial charge is 0.352 e. The predicted molar refractivity (Wildman–Crippen MR) is 129 cm³/mol. The molecule has 2 aromatic carbocycles. The fraction of sp³-hybridized carbons (Fsp3) is 0.250. The molecule has 36 heavy (non-hydrogen) atoms. The van der Waals surface area contributed by atoms with E-state index >= 15 is 0 Å². The van der Waals surface area contributed by atoms with Crippen LogP contribution in [0.5, 0.6) is 0 Å². The van der Waals surface area contributed by atoms with Crippen LogP contribution in [0.3, 0.4) is 0 Å². The first-order chi connectivity index (χ1) is 17.2. The van der Waals surface area contributed by atoms with Gasteiger partial charge in [0.25, 0.3) is 11.8 Å². The Hall–Kier alpha value is -3.70. The zero-order valence-corrected chi connectivity index (χ0v) is 19.7. The van der Waals surface area contributed by atoms with Crippen molar-refractivity contribution in [2.24, 2.45) is 5.73 Å². The summed E-state index contributed by atoms with van der Waals surface area (Å²) in [5, 5.41) is 11.3. The molecule has 8 nitrogen and oxygen atoms in total. The number of nitrogens with one attached hydrogen (secondary N) is 1. The van der Waals surface area contributed by atoms with Gasteiger partial charge in [0.1, 0.15) is 0 Å². The number of anilines is 2. The number of benzene rings is 2. The van der Waals surface area contributed by atoms with Crippen LogP contribution in [0.4, 0.5) is 24.7 Å². The Kier molecular flexibility index (Phi) is 7.41. The molecule has 0 spiro atoms. The van der Waals surface area contributed by atoms with Gasteiger partial charge in [0.15, 0.2) is 11.5 Å². The van der Waals surface area contributed by atoms with E-state index in [1.165, 1.54) is 29.2 Å². The quantitative estimate of drug-likeness (QED) is 0.532. The van der Waals surface area contributed by atoms with Crippen molar-refractivity contribution in [2.75, 3.05) is 36.4 Å². The summed E-state index contributed by atoms with van der Waals surface area (Å²) in [6, 6.07) is 12.9. The fourth-order valence-electron chi connectivity index (χ4n) is 3.88. The van der Waals surface area contributed by atoms with Crippen LogP contribution in [-0.2, 0) is 12.7 Å². The highest BCUT2D eigenvalue weighted by molar-refractivity contribution is 6.30. The molecule has 1 fully saturated rings. The third-order valence-corrected chi connectivity index (χ3v) is 6.01. The molecule has 3 aromatic rings. The summed E-state index contributed by atoms with van der Waals surface area (Å²) in [7, 11) is 0. The van der Waals surface area contributed by atoms with E-state index in [1.54, 1.807) is 24.3 Å². The average molecular weight is 519 g/mol. The molecule has 1 aliphatic rings. The fourth-order valence-corrected chi connectivity index (χ4v) is 4.07. The maximum absolute atomic E-state index is 13.3. The van der Waals surface area contributed by atoms with Gasteiger partial charge >= 0.3 is 6.18 Å². The number of carbonyl (C=O) groups is 2. The summed E-state index contributed by atoms with van der Waals surface area (Å²) in [4.78, 5) is 28.6. The molecule has 1 saturated heterocycles. The number of aromatic nitrogens is 2. The summed E-state index contributed by atoms with van der Waals surface area (Å²) >= 11 is 5.96. The van der Waals surface area contributed by atoms with Gasteiger partial charge in [0.05, 0.1) is 11.1 Å². The van der Waals surface area contributed by atoms with Gasteiger partial charge in [-0.3, -0.25) is 9.59 Å². The number of alkyl halides is 3. The highest BCUT2D eigenvalue weighted by Gasteiger charge is 2.36. The zero-order chi connectivity index (χ0) is 25.9. The standard InChI is InChI=1S/C24H22ClF3N6O2/c25-16-5-6-19(15(13-16)14-29)30-22(35)20-7-8-21(32-31-20)33-9-11-34(12-10-33)23(36)17-3-1-2-4-18(17)24(26,27)28/h1-8,13H,9-12,14,29H2,(H,30,35). The Labute approximate surface area is 209 Å². The number of amides is 2. The van der Waals surface area contributed by atoms with Gasteiger partial charge < -0.3 is 20.9 Å². The number of hydrogen-bond acceptors (Lipinski definition) is 6. The summed E-state index contributed by atoms with van der Waals surface area (Å²) in [6.07, 6.45) is -4.61. The summed E-state index contributed by atoms with van der Waals surface area (Å²) < 4.78 is 39.9. The maximum atomic E-state index is 13.3. The highest BCUT2D eigenvalue weighted by atomic mass is 35.5. The Bertz CT molecular complexity index is 1260. The Morgan fingerprint density at radius 2 is 1.72 bits per heavy atom. The van der Waals surface area contributed by atoms with Crippen molar-refractivity contribution in [3.8, 4) is 0 Å². The van der Waals surface area contributed by atoms with Gasteiger partial charge in [-0.1, -0.05) is 23.7 Å². The predicted octanol–water partition coefficient (Wildman–Crippen LogP) is 3.82. The van der Waals surface area contributed by atoms with E-state index in [-0.39, 0.29) is 30.9 Å². The van der Waals surface area contributed by atoms with Crippen LogP contribution in [0.25, 0.3) is 0 Å². The number of nitrogens with two attached hydrogens (primary N) is 1. The second kappa shape index (κ2) is 10.5. The Morgan fingerprint density at radius 1 is 1.00 bits per heavy atom. The van der Waals surface area contributed by atoms with Crippen molar-refractivity contribution < 1.29 is 22.8 Å². The topological polar surface area (TPSA) is 104 Å². The number of piperazine rings is 1. The third kappa shape index (κ3) is 5.58. The third-order valence-electron chi connectivity index (χ3n) is 5.77. The SMILES string of the molecule is NCc1cc(Cl)ccc1NC(=O)c1ccc(N2CCN(C(=O)c3ccccc3C(F)(F)F)CC2)nn1. The molecule has 0 unspecified atom stereocenters. The monoisotopic (exact) mass is 518 g/mol. The van der Waals surface area contributed by atoms with Gasteiger partial charge in [0, 0.05) is 43.4 Å². The molecule has 1 aliphatic heterocycles. The molecule has 0 aliphatic carbocycles. The molecule has 12 heteroatoms. The van der Waals surface area contributed by atoms with E-state index in [4.69, 9.17) is 17.3 Å². The lowest BCUT2D eigenvalue weighted by Crippen LogP contribution is -2.49. The highest BCUT2D eigenvalue weighted by Crippen LogP contribution is 2.32. The van der Waals surface area contributed by atoms with Crippen LogP contribution in [-0.4, -0.2) is 53.1 Å². The van der Waals surface area contributed by atoms with Crippen molar-refractivity contribution in [3.05, 3.63) is 82.0 Å². The molecule has 0 atom stereocenters. The largest absolute Gasteiger partial charge is 0.417 e. The lowest BCUT2D eigenvalue weighted by Gasteiger charge is -2.35. The molecule has 188 valence electrons. The maximum Gasteiger partial charge on any atom is 0.417 e. The Balaban J connectivity index is 1.38. The minimum atomic E-state index is -4.61. The minimum absolute atomic E-state index is 0.0919. The summed E-state index contributed by atoms with van der Waals surface area (Å²) in [5.41, 5.74) is 5.67. The van der Waals surface area contributed by atoms with Crippen molar-refractivity contribution in [1.82, 2.24) is 15.1 Å². The summed E-state index contributed by atoms with van der Waals surface area (Å²) in [5.74, 6) is -0.645. The van der Waals surface area contributed by atoms with Crippen LogP contribution in [0.2, 0.25) is 5.02 Å². The minimum Gasteiger partial charge on any atom is -0.352 e. The molecule has 0 bridgehead atoms. The zero-order valence-electron chi connectivity index (χ0n) is 18.9. The first-order valence-electron chi connectivity index (χ1n) is 11.0. The molecule has 0 radical (unpaired) electrons. The second-order valence-corrected chi connectivity index (χ2v) is 8.50.